The van der Waals surface area contributed by atoms with Crippen molar-refractivity contribution in [1.82, 2.24) is 24.3 Å². The van der Waals surface area contributed by atoms with E-state index in [1.807, 2.05) is 17.9 Å². The van der Waals surface area contributed by atoms with Gasteiger partial charge in [-0.05, 0) is 19.3 Å². The number of fused-ring (bicyclic) bond motifs is 1. The molecule has 2 aromatic heterocycles. The van der Waals surface area contributed by atoms with Gasteiger partial charge in [0.05, 0.1) is 18.4 Å². The molecule has 0 aromatic carbocycles. The van der Waals surface area contributed by atoms with E-state index in [1.54, 1.807) is 0 Å². The molecule has 0 bridgehead atoms. The molecule has 7 nitrogen and oxygen atoms in total. The molecule has 0 amide bonds. The normalized spacial score (nSPS) is 18.6. The lowest BCUT2D eigenvalue weighted by Gasteiger charge is -2.18. The number of aromatic nitrogens is 5. The quantitative estimate of drug-likeness (QED) is 0.926. The van der Waals surface area contributed by atoms with Gasteiger partial charge in [0.15, 0.2) is 5.82 Å². The van der Waals surface area contributed by atoms with Crippen molar-refractivity contribution in [1.29, 1.82) is 0 Å². The molecule has 2 aromatic rings. The smallest absolute Gasteiger partial charge is 0.221 e. The van der Waals surface area contributed by atoms with Gasteiger partial charge in [0.1, 0.15) is 5.82 Å². The Labute approximate surface area is 129 Å². The minimum atomic E-state index is 0.426. The number of nitrogens with one attached hydrogen (secondary N) is 1. The van der Waals surface area contributed by atoms with E-state index >= 15 is 0 Å². The summed E-state index contributed by atoms with van der Waals surface area (Å²) in [5.41, 5.74) is 1.23. The zero-order chi connectivity index (χ0) is 14.9. The second kappa shape index (κ2) is 5.72. The molecule has 4 rings (SSSR count). The molecule has 2 aliphatic heterocycles. The highest BCUT2D eigenvalue weighted by Crippen LogP contribution is 2.25. The maximum absolute atomic E-state index is 5.41. The number of rotatable bonds is 4. The number of aryl methyl sites for hydroxylation is 2. The number of anilines is 1. The summed E-state index contributed by atoms with van der Waals surface area (Å²) in [6.45, 7) is 3.45. The van der Waals surface area contributed by atoms with Crippen molar-refractivity contribution in [2.75, 3.05) is 18.5 Å². The lowest BCUT2D eigenvalue weighted by molar-refractivity contribution is 0.0836. The maximum Gasteiger partial charge on any atom is 0.221 e. The van der Waals surface area contributed by atoms with Crippen molar-refractivity contribution in [3.8, 4) is 0 Å². The molecule has 0 saturated carbocycles. The Kier molecular flexibility index (Phi) is 3.57. The summed E-state index contributed by atoms with van der Waals surface area (Å²) in [6, 6.07) is 0. The average molecular weight is 302 g/mol. The van der Waals surface area contributed by atoms with Crippen molar-refractivity contribution in [2.24, 2.45) is 7.05 Å². The Morgan fingerprint density at radius 2 is 2.23 bits per heavy atom. The number of hydrogen-bond donors (Lipinski definition) is 1. The predicted molar refractivity (Wildman–Crippen MR) is 81.7 cm³/mol. The van der Waals surface area contributed by atoms with Crippen molar-refractivity contribution in [3.05, 3.63) is 23.5 Å². The van der Waals surface area contributed by atoms with E-state index in [0.29, 0.717) is 5.92 Å². The monoisotopic (exact) mass is 302 g/mol. The number of imidazole rings is 1. The number of hydrogen-bond acceptors (Lipinski definition) is 5. The fourth-order valence-electron chi connectivity index (χ4n) is 3.32. The van der Waals surface area contributed by atoms with Gasteiger partial charge in [0, 0.05) is 39.1 Å². The first-order valence-electron chi connectivity index (χ1n) is 8.07. The molecule has 2 aliphatic rings. The molecule has 22 heavy (non-hydrogen) atoms. The van der Waals surface area contributed by atoms with Gasteiger partial charge in [-0.25, -0.2) is 9.67 Å². The second-order valence-electron chi connectivity index (χ2n) is 6.08. The average Bonchev–Trinajstić information content (AvgIpc) is 3.22. The highest BCUT2D eigenvalue weighted by atomic mass is 16.5. The molecule has 1 saturated heterocycles. The summed E-state index contributed by atoms with van der Waals surface area (Å²) in [7, 11) is 1.94. The Balaban J connectivity index is 1.45. The number of nitrogens with zero attached hydrogens (tertiary/aromatic N) is 5. The lowest BCUT2D eigenvalue weighted by Crippen LogP contribution is -2.15. The number of ether oxygens (including phenoxy) is 1. The summed E-state index contributed by atoms with van der Waals surface area (Å²) in [5.74, 6) is 3.40. The Bertz CT molecular complexity index is 655. The minimum Gasteiger partial charge on any atom is -0.381 e. The summed E-state index contributed by atoms with van der Waals surface area (Å²) < 4.78 is 9.56. The van der Waals surface area contributed by atoms with E-state index in [-0.39, 0.29) is 0 Å². The zero-order valence-electron chi connectivity index (χ0n) is 13.0. The molecule has 0 aliphatic carbocycles. The first-order chi connectivity index (χ1) is 10.8. The molecule has 1 N–H and O–H groups in total. The highest BCUT2D eigenvalue weighted by Gasteiger charge is 2.21. The first kappa shape index (κ1) is 13.8. The van der Waals surface area contributed by atoms with Crippen LogP contribution in [0.25, 0.3) is 0 Å². The SMILES string of the molecule is Cn1nc(C2CCOCC2)nc1NCc1cnc2n1CCC2. The minimum absolute atomic E-state index is 0.426. The van der Waals surface area contributed by atoms with Crippen LogP contribution < -0.4 is 5.32 Å². The predicted octanol–water partition coefficient (Wildman–Crippen LogP) is 1.46. The van der Waals surface area contributed by atoms with Gasteiger partial charge in [0.25, 0.3) is 0 Å². The van der Waals surface area contributed by atoms with Crippen LogP contribution in [0.3, 0.4) is 0 Å². The molecular weight excluding hydrogens is 280 g/mol. The van der Waals surface area contributed by atoms with Gasteiger partial charge >= 0.3 is 0 Å². The van der Waals surface area contributed by atoms with Gasteiger partial charge in [-0.1, -0.05) is 0 Å². The summed E-state index contributed by atoms with van der Waals surface area (Å²) in [4.78, 5) is 9.16. The van der Waals surface area contributed by atoms with Crippen molar-refractivity contribution in [3.63, 3.8) is 0 Å². The van der Waals surface area contributed by atoms with Crippen molar-refractivity contribution in [2.45, 2.75) is 44.7 Å². The van der Waals surface area contributed by atoms with E-state index in [4.69, 9.17) is 4.74 Å². The van der Waals surface area contributed by atoms with Crippen LogP contribution in [0.15, 0.2) is 6.20 Å². The van der Waals surface area contributed by atoms with E-state index < -0.39 is 0 Å². The highest BCUT2D eigenvalue weighted by molar-refractivity contribution is 5.27. The third-order valence-electron chi connectivity index (χ3n) is 4.60. The topological polar surface area (TPSA) is 69.8 Å². The molecule has 0 unspecified atom stereocenters. The first-order valence-corrected chi connectivity index (χ1v) is 8.07. The van der Waals surface area contributed by atoms with E-state index in [9.17, 15) is 0 Å². The van der Waals surface area contributed by atoms with Crippen molar-refractivity contribution < 1.29 is 4.74 Å². The maximum atomic E-state index is 5.41. The summed E-state index contributed by atoms with van der Waals surface area (Å²) >= 11 is 0. The van der Waals surface area contributed by atoms with Crippen LogP contribution in [0.4, 0.5) is 5.95 Å². The van der Waals surface area contributed by atoms with Crippen molar-refractivity contribution >= 4 is 5.95 Å². The Morgan fingerprint density at radius 1 is 1.36 bits per heavy atom. The van der Waals surface area contributed by atoms with Crippen LogP contribution in [0.2, 0.25) is 0 Å². The van der Waals surface area contributed by atoms with Crippen LogP contribution in [0.1, 0.15) is 42.5 Å². The molecule has 1 fully saturated rings. The fraction of sp³-hybridized carbons (Fsp3) is 0.667. The van der Waals surface area contributed by atoms with Crippen LogP contribution in [0, 0.1) is 0 Å². The molecule has 118 valence electrons. The Morgan fingerprint density at radius 3 is 3.09 bits per heavy atom. The standard InChI is InChI=1S/C15H22N6O/c1-20-15(18-14(19-20)11-4-7-22-8-5-11)17-10-12-9-16-13-3-2-6-21(12)13/h9,11H,2-8,10H2,1H3,(H,17,18,19). The zero-order valence-corrected chi connectivity index (χ0v) is 13.0. The molecule has 0 radical (unpaired) electrons. The molecular formula is C15H22N6O. The van der Waals surface area contributed by atoms with Gasteiger partial charge < -0.3 is 14.6 Å². The van der Waals surface area contributed by atoms with Crippen LogP contribution in [0.5, 0.6) is 0 Å². The third kappa shape index (κ3) is 2.49. The van der Waals surface area contributed by atoms with Gasteiger partial charge in [0.2, 0.25) is 5.95 Å². The van der Waals surface area contributed by atoms with Gasteiger partial charge in [-0.2, -0.15) is 10.1 Å². The van der Waals surface area contributed by atoms with E-state index in [1.165, 1.54) is 17.9 Å². The lowest BCUT2D eigenvalue weighted by atomic mass is 10.00. The van der Waals surface area contributed by atoms with E-state index in [2.05, 4.69) is 25.0 Å². The largest absolute Gasteiger partial charge is 0.381 e. The fourth-order valence-corrected chi connectivity index (χ4v) is 3.32. The Hall–Kier alpha value is -1.89. The molecule has 0 spiro atoms. The van der Waals surface area contributed by atoms with Gasteiger partial charge in [-0.3, -0.25) is 0 Å². The third-order valence-corrected chi connectivity index (χ3v) is 4.60. The molecule has 4 heterocycles. The molecule has 7 heteroatoms. The van der Waals surface area contributed by atoms with Crippen LogP contribution in [-0.4, -0.2) is 37.5 Å². The summed E-state index contributed by atoms with van der Waals surface area (Å²) in [6.07, 6.45) is 6.29. The second-order valence-corrected chi connectivity index (χ2v) is 6.08. The van der Waals surface area contributed by atoms with Gasteiger partial charge in [-0.15, -0.1) is 0 Å². The van der Waals surface area contributed by atoms with E-state index in [0.717, 1.165) is 57.3 Å². The van der Waals surface area contributed by atoms with Crippen LogP contribution in [-0.2, 0) is 31.3 Å². The summed E-state index contributed by atoms with van der Waals surface area (Å²) in [5, 5.41) is 7.97. The van der Waals surface area contributed by atoms with Crippen LogP contribution >= 0.6 is 0 Å². The molecule has 0 atom stereocenters.